The van der Waals surface area contributed by atoms with Crippen molar-refractivity contribution in [3.05, 3.63) is 87.6 Å². The first-order chi connectivity index (χ1) is 17.5. The van der Waals surface area contributed by atoms with Gasteiger partial charge in [0.05, 0.1) is 12.6 Å². The molecule has 0 aliphatic carbocycles. The molecule has 2 aliphatic rings. The van der Waals surface area contributed by atoms with Crippen molar-refractivity contribution in [3.63, 3.8) is 0 Å². The quantitative estimate of drug-likeness (QED) is 0.507. The van der Waals surface area contributed by atoms with Crippen LogP contribution in [-0.4, -0.2) is 71.9 Å². The minimum atomic E-state index is -0.0495. The molecular weight excluding hydrogens is 470 g/mol. The number of benzene rings is 2. The molecule has 2 aromatic carbocycles. The zero-order valence-electron chi connectivity index (χ0n) is 20.9. The van der Waals surface area contributed by atoms with E-state index >= 15 is 0 Å². The van der Waals surface area contributed by atoms with Crippen LogP contribution in [0.2, 0.25) is 0 Å². The monoisotopic (exact) mass is 503 g/mol. The molecule has 1 saturated heterocycles. The molecule has 3 aromatic rings. The molecule has 2 aliphatic heterocycles. The number of carbonyl (C=O) groups is 2. The molecule has 3 heterocycles. The van der Waals surface area contributed by atoms with Gasteiger partial charge in [0, 0.05) is 37.1 Å². The fourth-order valence-corrected chi connectivity index (χ4v) is 6.27. The van der Waals surface area contributed by atoms with E-state index in [1.807, 2.05) is 58.4 Å². The van der Waals surface area contributed by atoms with E-state index in [1.54, 1.807) is 0 Å². The number of para-hydroxylation sites is 1. The summed E-state index contributed by atoms with van der Waals surface area (Å²) < 4.78 is 5.65. The SMILES string of the molecule is Cc1ccccc1[C@@H]1c2ccsc2CCN1CC(=O)N1CCN(C(=O)COc2ccccc2)[C@@H](C)C1. The molecular formula is C29H33N3O3S. The van der Waals surface area contributed by atoms with E-state index in [9.17, 15) is 9.59 Å². The highest BCUT2D eigenvalue weighted by molar-refractivity contribution is 7.10. The van der Waals surface area contributed by atoms with Gasteiger partial charge in [0.1, 0.15) is 5.75 Å². The number of piperazine rings is 1. The number of rotatable bonds is 6. The fraction of sp³-hybridized carbons (Fsp3) is 0.379. The largest absolute Gasteiger partial charge is 0.484 e. The average Bonchev–Trinajstić information content (AvgIpc) is 3.37. The Morgan fingerprint density at radius 3 is 2.50 bits per heavy atom. The molecule has 2 atom stereocenters. The van der Waals surface area contributed by atoms with Crippen LogP contribution in [0, 0.1) is 6.92 Å². The summed E-state index contributed by atoms with van der Waals surface area (Å²) in [7, 11) is 0. The first-order valence-electron chi connectivity index (χ1n) is 12.6. The maximum atomic E-state index is 13.5. The third-order valence-corrected chi connectivity index (χ3v) is 8.29. The summed E-state index contributed by atoms with van der Waals surface area (Å²) in [5.74, 6) is 0.775. The average molecular weight is 504 g/mol. The van der Waals surface area contributed by atoms with Gasteiger partial charge in [0.15, 0.2) is 6.61 Å². The summed E-state index contributed by atoms with van der Waals surface area (Å²) in [6, 6.07) is 20.1. The predicted octanol–water partition coefficient (Wildman–Crippen LogP) is 4.14. The summed E-state index contributed by atoms with van der Waals surface area (Å²) in [5.41, 5.74) is 3.85. The third kappa shape index (κ3) is 5.18. The van der Waals surface area contributed by atoms with Crippen LogP contribution in [0.5, 0.6) is 5.75 Å². The maximum absolute atomic E-state index is 13.5. The highest BCUT2D eigenvalue weighted by Crippen LogP contribution is 2.38. The molecule has 0 saturated carbocycles. The van der Waals surface area contributed by atoms with E-state index in [-0.39, 0.29) is 30.5 Å². The van der Waals surface area contributed by atoms with Gasteiger partial charge in [0.25, 0.3) is 5.91 Å². The van der Waals surface area contributed by atoms with Crippen LogP contribution in [0.4, 0.5) is 0 Å². The molecule has 0 unspecified atom stereocenters. The number of hydrogen-bond donors (Lipinski definition) is 0. The summed E-state index contributed by atoms with van der Waals surface area (Å²) in [4.78, 5) is 33.8. The minimum Gasteiger partial charge on any atom is -0.484 e. The van der Waals surface area contributed by atoms with Gasteiger partial charge < -0.3 is 14.5 Å². The van der Waals surface area contributed by atoms with Crippen molar-refractivity contribution in [1.29, 1.82) is 0 Å². The Morgan fingerprint density at radius 1 is 0.944 bits per heavy atom. The van der Waals surface area contributed by atoms with Crippen molar-refractivity contribution in [1.82, 2.24) is 14.7 Å². The van der Waals surface area contributed by atoms with Crippen LogP contribution < -0.4 is 4.74 Å². The molecule has 188 valence electrons. The maximum Gasteiger partial charge on any atom is 0.260 e. The first kappa shape index (κ1) is 24.5. The minimum absolute atomic E-state index is 0.0111. The Kier molecular flexibility index (Phi) is 7.39. The molecule has 0 bridgehead atoms. The van der Waals surface area contributed by atoms with Crippen LogP contribution in [-0.2, 0) is 16.0 Å². The van der Waals surface area contributed by atoms with Gasteiger partial charge in [0.2, 0.25) is 5.91 Å². The highest BCUT2D eigenvalue weighted by Gasteiger charge is 2.35. The standard InChI is InChI=1S/C29H33N3O3S/c1-21-8-6-7-11-24(21)29-25-13-17-36-26(25)12-14-31(29)19-27(33)30-15-16-32(22(2)18-30)28(34)20-35-23-9-4-3-5-10-23/h3-11,13,17,22,29H,12,14-16,18-20H2,1-2H3/t22-,29+/m0/s1. The van der Waals surface area contributed by atoms with E-state index in [1.165, 1.54) is 21.6 Å². The topological polar surface area (TPSA) is 53.1 Å². The van der Waals surface area contributed by atoms with E-state index in [2.05, 4.69) is 47.5 Å². The number of nitrogens with zero attached hydrogens (tertiary/aromatic N) is 3. The number of hydrogen-bond acceptors (Lipinski definition) is 5. The van der Waals surface area contributed by atoms with Gasteiger partial charge in [-0.2, -0.15) is 0 Å². The van der Waals surface area contributed by atoms with Gasteiger partial charge in [-0.05, 0) is 60.5 Å². The smallest absolute Gasteiger partial charge is 0.260 e. The van der Waals surface area contributed by atoms with Crippen molar-refractivity contribution < 1.29 is 14.3 Å². The van der Waals surface area contributed by atoms with Gasteiger partial charge in [-0.1, -0.05) is 42.5 Å². The summed E-state index contributed by atoms with van der Waals surface area (Å²) in [6.45, 7) is 7.03. The third-order valence-electron chi connectivity index (χ3n) is 7.29. The molecule has 2 amide bonds. The van der Waals surface area contributed by atoms with Crippen molar-refractivity contribution in [2.45, 2.75) is 32.4 Å². The van der Waals surface area contributed by atoms with Crippen LogP contribution in [0.15, 0.2) is 66.0 Å². The fourth-order valence-electron chi connectivity index (χ4n) is 5.37. The Hall–Kier alpha value is -3.16. The molecule has 0 spiro atoms. The van der Waals surface area contributed by atoms with Crippen molar-refractivity contribution in [2.75, 3.05) is 39.3 Å². The lowest BCUT2D eigenvalue weighted by Gasteiger charge is -2.42. The highest BCUT2D eigenvalue weighted by atomic mass is 32.1. The lowest BCUT2D eigenvalue weighted by Crippen LogP contribution is -2.57. The molecule has 1 fully saturated rings. The number of thiophene rings is 1. The number of amides is 2. The van der Waals surface area contributed by atoms with Gasteiger partial charge in [-0.3, -0.25) is 14.5 Å². The summed E-state index contributed by atoms with van der Waals surface area (Å²) in [6.07, 6.45) is 0.975. The first-order valence-corrected chi connectivity index (χ1v) is 13.5. The van der Waals surface area contributed by atoms with Crippen LogP contribution in [0.25, 0.3) is 0 Å². The number of ether oxygens (including phenoxy) is 1. The lowest BCUT2D eigenvalue weighted by atomic mass is 9.90. The van der Waals surface area contributed by atoms with Gasteiger partial charge in [-0.25, -0.2) is 0 Å². The van der Waals surface area contributed by atoms with Crippen LogP contribution in [0.3, 0.4) is 0 Å². The van der Waals surface area contributed by atoms with E-state index in [0.29, 0.717) is 31.9 Å². The molecule has 0 radical (unpaired) electrons. The molecule has 0 N–H and O–H groups in total. The zero-order valence-corrected chi connectivity index (χ0v) is 21.7. The number of aryl methyl sites for hydroxylation is 1. The van der Waals surface area contributed by atoms with Gasteiger partial charge in [-0.15, -0.1) is 11.3 Å². The Morgan fingerprint density at radius 2 is 1.72 bits per heavy atom. The number of carbonyl (C=O) groups excluding carboxylic acids is 2. The van der Waals surface area contributed by atoms with Crippen LogP contribution in [0.1, 0.15) is 34.5 Å². The lowest BCUT2D eigenvalue weighted by molar-refractivity contribution is -0.144. The zero-order chi connectivity index (χ0) is 25.1. The van der Waals surface area contributed by atoms with Crippen LogP contribution >= 0.6 is 11.3 Å². The Balaban J connectivity index is 1.22. The van der Waals surface area contributed by atoms with Gasteiger partial charge >= 0.3 is 0 Å². The number of fused-ring (bicyclic) bond motifs is 1. The van der Waals surface area contributed by atoms with E-state index in [4.69, 9.17) is 4.74 Å². The molecule has 7 heteroatoms. The second-order valence-corrected chi connectivity index (χ2v) is 10.7. The molecule has 1 aromatic heterocycles. The van der Waals surface area contributed by atoms with E-state index < -0.39 is 0 Å². The molecule has 5 rings (SSSR count). The Bertz CT molecular complexity index is 1210. The summed E-state index contributed by atoms with van der Waals surface area (Å²) >= 11 is 1.81. The van der Waals surface area contributed by atoms with Crippen molar-refractivity contribution >= 4 is 23.2 Å². The molecule has 6 nitrogen and oxygen atoms in total. The van der Waals surface area contributed by atoms with E-state index in [0.717, 1.165) is 13.0 Å². The molecule has 36 heavy (non-hydrogen) atoms. The summed E-state index contributed by atoms with van der Waals surface area (Å²) in [5, 5.41) is 2.17. The Labute approximate surface area is 217 Å². The van der Waals surface area contributed by atoms with Crippen molar-refractivity contribution in [3.8, 4) is 5.75 Å². The van der Waals surface area contributed by atoms with Crippen molar-refractivity contribution in [2.24, 2.45) is 0 Å². The normalized spacial score (nSPS) is 20.2. The predicted molar refractivity (Wildman–Crippen MR) is 142 cm³/mol. The second-order valence-electron chi connectivity index (χ2n) is 9.66. The second kappa shape index (κ2) is 10.8.